The first kappa shape index (κ1) is 26.7. The Bertz CT molecular complexity index is 1500. The predicted octanol–water partition coefficient (Wildman–Crippen LogP) is 5.75. The van der Waals surface area contributed by atoms with Crippen LogP contribution >= 0.6 is 11.6 Å². The molecule has 40 heavy (non-hydrogen) atoms. The zero-order valence-electron chi connectivity index (χ0n) is 23.2. The van der Waals surface area contributed by atoms with Crippen LogP contribution in [0.1, 0.15) is 54.7 Å². The molecule has 2 fully saturated rings. The molecule has 1 saturated carbocycles. The number of carbonyl (C=O) groups is 1. The van der Waals surface area contributed by atoms with Crippen LogP contribution in [-0.4, -0.2) is 63.8 Å². The molecule has 0 radical (unpaired) electrons. The number of imidazole rings is 1. The molecule has 8 nitrogen and oxygen atoms in total. The number of rotatable bonds is 5. The number of ether oxygens (including phenoxy) is 1. The smallest absolute Gasteiger partial charge is 0.272 e. The molecular formula is C31H35ClN6O2. The minimum Gasteiger partial charge on any atom is -0.373 e. The van der Waals surface area contributed by atoms with Crippen LogP contribution < -0.4 is 5.01 Å². The summed E-state index contributed by atoms with van der Waals surface area (Å²) in [6, 6.07) is 14.2. The molecule has 1 aliphatic carbocycles. The van der Waals surface area contributed by atoms with Crippen LogP contribution in [0.2, 0.25) is 5.02 Å². The monoisotopic (exact) mass is 558 g/mol. The second-order valence-corrected chi connectivity index (χ2v) is 11.7. The molecule has 9 heteroatoms. The van der Waals surface area contributed by atoms with Gasteiger partial charge in [-0.2, -0.15) is 0 Å². The summed E-state index contributed by atoms with van der Waals surface area (Å²) < 4.78 is 8.71. The van der Waals surface area contributed by atoms with Crippen LogP contribution in [0.15, 0.2) is 61.2 Å². The molecule has 1 amide bonds. The molecule has 208 valence electrons. The Kier molecular flexibility index (Phi) is 7.47. The zero-order valence-corrected chi connectivity index (χ0v) is 24.0. The largest absolute Gasteiger partial charge is 0.373 e. The first-order chi connectivity index (χ1) is 19.4. The van der Waals surface area contributed by atoms with Crippen molar-refractivity contribution in [2.45, 2.75) is 44.8 Å². The second kappa shape index (κ2) is 11.2. The molecule has 0 N–H and O–H groups in total. The van der Waals surface area contributed by atoms with Gasteiger partial charge in [0.25, 0.3) is 5.91 Å². The van der Waals surface area contributed by atoms with Crippen molar-refractivity contribution in [3.05, 3.63) is 77.5 Å². The topological polar surface area (TPSA) is 76.4 Å². The van der Waals surface area contributed by atoms with E-state index in [-0.39, 0.29) is 18.1 Å². The summed E-state index contributed by atoms with van der Waals surface area (Å²) in [7, 11) is 3.44. The minimum absolute atomic E-state index is 0.000763. The van der Waals surface area contributed by atoms with Crippen molar-refractivity contribution in [1.29, 1.82) is 0 Å². The van der Waals surface area contributed by atoms with Crippen molar-refractivity contribution in [2.24, 2.45) is 11.8 Å². The highest BCUT2D eigenvalue weighted by atomic mass is 35.5. The SMILES string of the molecule is CN(C)C(=O)c1cc2ncn(N3CCOC([C@H]4CC[C@H](C)CC4)C3c3ccccc3)c2c(-c2cncc(Cl)c2)n1. The van der Waals surface area contributed by atoms with E-state index in [1.807, 2.05) is 12.4 Å². The Hall–Kier alpha value is -3.49. The highest BCUT2D eigenvalue weighted by molar-refractivity contribution is 6.30. The van der Waals surface area contributed by atoms with Gasteiger partial charge in [0.2, 0.25) is 0 Å². The summed E-state index contributed by atoms with van der Waals surface area (Å²) in [5, 5.41) is 2.87. The number of hydrogen-bond acceptors (Lipinski definition) is 6. The van der Waals surface area contributed by atoms with E-state index in [1.54, 1.807) is 32.6 Å². The Morgan fingerprint density at radius 1 is 1.07 bits per heavy atom. The van der Waals surface area contributed by atoms with Crippen LogP contribution in [0.25, 0.3) is 22.3 Å². The first-order valence-electron chi connectivity index (χ1n) is 14.0. The molecule has 4 heterocycles. The second-order valence-electron chi connectivity index (χ2n) is 11.3. The maximum atomic E-state index is 13.0. The van der Waals surface area contributed by atoms with Gasteiger partial charge in [-0.25, -0.2) is 14.6 Å². The van der Waals surface area contributed by atoms with Gasteiger partial charge < -0.3 is 9.64 Å². The van der Waals surface area contributed by atoms with Crippen LogP contribution in [-0.2, 0) is 4.74 Å². The van der Waals surface area contributed by atoms with E-state index in [2.05, 4.69) is 51.9 Å². The molecule has 1 saturated heterocycles. The molecule has 2 unspecified atom stereocenters. The first-order valence-corrected chi connectivity index (χ1v) is 14.4. The highest BCUT2D eigenvalue weighted by Gasteiger charge is 2.40. The lowest BCUT2D eigenvalue weighted by atomic mass is 9.77. The standard InChI is InChI=1S/C31H35ClN6O2/c1-20-9-11-22(12-10-20)30-28(21-7-5-4-6-8-21)37(13-14-40-30)38-19-34-25-16-26(31(39)36(2)3)35-27(29(25)38)23-15-24(32)18-33-17-23/h4-8,15-20,22,28,30H,9-14H2,1-3H3/t20-,22-,28?,30?. The normalized spacial score (nSPS) is 23.4. The van der Waals surface area contributed by atoms with E-state index in [0.29, 0.717) is 41.0 Å². The maximum Gasteiger partial charge on any atom is 0.272 e. The third-order valence-electron chi connectivity index (χ3n) is 8.32. The Labute approximate surface area is 239 Å². The van der Waals surface area contributed by atoms with Gasteiger partial charge in [0.1, 0.15) is 23.2 Å². The highest BCUT2D eigenvalue weighted by Crippen LogP contribution is 2.41. The average molecular weight is 559 g/mol. The summed E-state index contributed by atoms with van der Waals surface area (Å²) in [6.07, 6.45) is 10.0. The third-order valence-corrected chi connectivity index (χ3v) is 8.52. The number of morpholine rings is 1. The summed E-state index contributed by atoms with van der Waals surface area (Å²) in [5.41, 5.74) is 4.40. The van der Waals surface area contributed by atoms with Crippen molar-refractivity contribution in [3.8, 4) is 11.3 Å². The average Bonchev–Trinajstić information content (AvgIpc) is 3.40. The van der Waals surface area contributed by atoms with E-state index in [4.69, 9.17) is 26.3 Å². The predicted molar refractivity (Wildman–Crippen MR) is 157 cm³/mol. The van der Waals surface area contributed by atoms with Gasteiger partial charge in [0.05, 0.1) is 35.8 Å². The molecule has 3 aromatic heterocycles. The summed E-state index contributed by atoms with van der Waals surface area (Å²) in [5.74, 6) is 1.06. The van der Waals surface area contributed by atoms with E-state index in [9.17, 15) is 4.79 Å². The number of halogens is 1. The molecule has 2 atom stereocenters. The van der Waals surface area contributed by atoms with Crippen molar-refractivity contribution < 1.29 is 9.53 Å². The summed E-state index contributed by atoms with van der Waals surface area (Å²) >= 11 is 6.36. The fourth-order valence-corrected chi connectivity index (χ4v) is 6.42. The molecule has 1 aromatic carbocycles. The van der Waals surface area contributed by atoms with E-state index < -0.39 is 0 Å². The molecule has 0 spiro atoms. The van der Waals surface area contributed by atoms with Crippen molar-refractivity contribution >= 4 is 28.5 Å². The summed E-state index contributed by atoms with van der Waals surface area (Å²) in [6.45, 7) is 3.67. The molecule has 2 aliphatic rings. The molecular weight excluding hydrogens is 524 g/mol. The van der Waals surface area contributed by atoms with Crippen molar-refractivity contribution in [2.75, 3.05) is 32.3 Å². The van der Waals surface area contributed by atoms with E-state index >= 15 is 0 Å². The van der Waals surface area contributed by atoms with Crippen molar-refractivity contribution in [1.82, 2.24) is 24.5 Å². The van der Waals surface area contributed by atoms with E-state index in [1.165, 1.54) is 36.1 Å². The van der Waals surface area contributed by atoms with Gasteiger partial charge in [0.15, 0.2) is 0 Å². The lowest BCUT2D eigenvalue weighted by Crippen LogP contribution is -2.53. The van der Waals surface area contributed by atoms with E-state index in [0.717, 1.165) is 17.0 Å². The Balaban J connectivity index is 1.51. The molecule has 0 bridgehead atoms. The number of hydrogen-bond donors (Lipinski definition) is 0. The Morgan fingerprint density at radius 3 is 2.58 bits per heavy atom. The van der Waals surface area contributed by atoms with Gasteiger partial charge >= 0.3 is 0 Å². The minimum atomic E-state index is -0.187. The van der Waals surface area contributed by atoms with Crippen molar-refractivity contribution in [3.63, 3.8) is 0 Å². The number of aromatic nitrogens is 4. The van der Waals surface area contributed by atoms with Crippen LogP contribution in [0.5, 0.6) is 0 Å². The fourth-order valence-electron chi connectivity index (χ4n) is 6.24. The number of benzene rings is 1. The number of carbonyl (C=O) groups excluding carboxylic acids is 1. The lowest BCUT2D eigenvalue weighted by Gasteiger charge is -2.47. The maximum absolute atomic E-state index is 13.0. The lowest BCUT2D eigenvalue weighted by molar-refractivity contribution is -0.0477. The third kappa shape index (κ3) is 5.06. The number of fused-ring (bicyclic) bond motifs is 1. The fraction of sp³-hybridized carbons (Fsp3) is 0.419. The number of amides is 1. The zero-order chi connectivity index (χ0) is 27.8. The van der Waals surface area contributed by atoms with Gasteiger partial charge in [-0.15, -0.1) is 0 Å². The van der Waals surface area contributed by atoms with Gasteiger partial charge in [-0.3, -0.25) is 14.8 Å². The number of nitrogens with zero attached hydrogens (tertiary/aromatic N) is 6. The molecule has 6 rings (SSSR count). The van der Waals surface area contributed by atoms with Gasteiger partial charge in [-0.1, -0.05) is 61.7 Å². The molecule has 1 aliphatic heterocycles. The van der Waals surface area contributed by atoms with Crippen LogP contribution in [0.3, 0.4) is 0 Å². The Morgan fingerprint density at radius 2 is 1.85 bits per heavy atom. The van der Waals surface area contributed by atoms with Gasteiger partial charge in [0, 0.05) is 32.1 Å². The summed E-state index contributed by atoms with van der Waals surface area (Å²) in [4.78, 5) is 28.5. The van der Waals surface area contributed by atoms with Crippen LogP contribution in [0, 0.1) is 11.8 Å². The quantitative estimate of drug-likeness (QED) is 0.310. The van der Waals surface area contributed by atoms with Crippen LogP contribution in [0.4, 0.5) is 0 Å². The number of pyridine rings is 2. The van der Waals surface area contributed by atoms with Gasteiger partial charge in [-0.05, 0) is 42.4 Å². The molecule has 4 aromatic rings.